The van der Waals surface area contributed by atoms with E-state index in [1.807, 2.05) is 12.1 Å². The van der Waals surface area contributed by atoms with Gasteiger partial charge in [0.25, 0.3) is 0 Å². The molecule has 106 valence electrons. The fourth-order valence-corrected chi connectivity index (χ4v) is 2.39. The van der Waals surface area contributed by atoms with Gasteiger partial charge in [-0.15, -0.1) is 0 Å². The summed E-state index contributed by atoms with van der Waals surface area (Å²) in [5.41, 5.74) is 2.27. The maximum atomic E-state index is 13.9. The molecule has 0 aliphatic heterocycles. The van der Waals surface area contributed by atoms with E-state index in [1.54, 1.807) is 18.2 Å². The fraction of sp³-hybridized carbons (Fsp3) is 0.250. The van der Waals surface area contributed by atoms with Crippen LogP contribution in [-0.2, 0) is 6.54 Å². The second-order valence-electron chi connectivity index (χ2n) is 4.61. The van der Waals surface area contributed by atoms with Crippen molar-refractivity contribution in [1.29, 1.82) is 0 Å². The van der Waals surface area contributed by atoms with E-state index >= 15 is 0 Å². The monoisotopic (exact) mass is 311 g/mol. The fourth-order valence-electron chi connectivity index (χ4n) is 1.98. The topological polar surface area (TPSA) is 12.0 Å². The van der Waals surface area contributed by atoms with E-state index in [2.05, 4.69) is 12.2 Å². The zero-order valence-electron chi connectivity index (χ0n) is 11.2. The standard InChI is InChI=1S/C16H16Cl2FN/c1-2-7-20-10-12-4-3-11(8-15(12)18)14-6-5-13(17)9-16(14)19/h3-6,8-9,20H,2,7,10H2,1H3. The number of hydrogen-bond donors (Lipinski definition) is 1. The van der Waals surface area contributed by atoms with E-state index in [0.717, 1.165) is 30.6 Å². The Labute approximate surface area is 128 Å². The molecule has 0 saturated heterocycles. The Morgan fingerprint density at radius 1 is 1.10 bits per heavy atom. The lowest BCUT2D eigenvalue weighted by atomic mass is 10.0. The van der Waals surface area contributed by atoms with Gasteiger partial charge in [-0.25, -0.2) is 4.39 Å². The third kappa shape index (κ3) is 3.72. The van der Waals surface area contributed by atoms with Gasteiger partial charge in [-0.2, -0.15) is 0 Å². The van der Waals surface area contributed by atoms with Crippen LogP contribution in [0.3, 0.4) is 0 Å². The predicted octanol–water partition coefficient (Wildman–Crippen LogP) is 5.30. The van der Waals surface area contributed by atoms with E-state index in [4.69, 9.17) is 23.2 Å². The lowest BCUT2D eigenvalue weighted by molar-refractivity contribution is 0.631. The molecule has 0 aromatic heterocycles. The van der Waals surface area contributed by atoms with Crippen LogP contribution in [0, 0.1) is 5.82 Å². The van der Waals surface area contributed by atoms with Crippen LogP contribution in [-0.4, -0.2) is 6.54 Å². The van der Waals surface area contributed by atoms with Gasteiger partial charge in [0, 0.05) is 22.2 Å². The van der Waals surface area contributed by atoms with Crippen LogP contribution >= 0.6 is 23.2 Å². The molecule has 1 nitrogen and oxygen atoms in total. The van der Waals surface area contributed by atoms with Crippen LogP contribution in [0.4, 0.5) is 4.39 Å². The Bertz CT molecular complexity index is 599. The van der Waals surface area contributed by atoms with Crippen molar-refractivity contribution in [3.8, 4) is 11.1 Å². The third-order valence-corrected chi connectivity index (χ3v) is 3.62. The second-order valence-corrected chi connectivity index (χ2v) is 5.45. The summed E-state index contributed by atoms with van der Waals surface area (Å²) in [6.07, 6.45) is 1.08. The van der Waals surface area contributed by atoms with E-state index in [0.29, 0.717) is 15.6 Å². The highest BCUT2D eigenvalue weighted by Crippen LogP contribution is 2.29. The summed E-state index contributed by atoms with van der Waals surface area (Å²) in [6, 6.07) is 10.2. The molecular weight excluding hydrogens is 296 g/mol. The Kier molecular flexibility index (Phi) is 5.41. The molecule has 1 N–H and O–H groups in total. The highest BCUT2D eigenvalue weighted by atomic mass is 35.5. The van der Waals surface area contributed by atoms with Crippen molar-refractivity contribution in [3.05, 3.63) is 57.8 Å². The molecule has 0 bridgehead atoms. The molecule has 0 aliphatic carbocycles. The van der Waals surface area contributed by atoms with E-state index in [-0.39, 0.29) is 5.82 Å². The van der Waals surface area contributed by atoms with Crippen LogP contribution in [0.1, 0.15) is 18.9 Å². The first kappa shape index (κ1) is 15.3. The number of nitrogens with one attached hydrogen (secondary N) is 1. The van der Waals surface area contributed by atoms with Crippen LogP contribution < -0.4 is 5.32 Å². The van der Waals surface area contributed by atoms with Gasteiger partial charge in [0.05, 0.1) is 0 Å². The van der Waals surface area contributed by atoms with Crippen molar-refractivity contribution in [2.75, 3.05) is 6.54 Å². The van der Waals surface area contributed by atoms with Crippen molar-refractivity contribution >= 4 is 23.2 Å². The SMILES string of the molecule is CCCNCc1ccc(-c2ccc(Cl)cc2F)cc1Cl. The summed E-state index contributed by atoms with van der Waals surface area (Å²) < 4.78 is 13.9. The number of halogens is 3. The Hall–Kier alpha value is -1.09. The first-order chi connectivity index (χ1) is 9.61. The summed E-state index contributed by atoms with van der Waals surface area (Å²) in [5, 5.41) is 4.32. The van der Waals surface area contributed by atoms with Gasteiger partial charge in [0.1, 0.15) is 5.82 Å². The second kappa shape index (κ2) is 7.07. The van der Waals surface area contributed by atoms with Crippen LogP contribution in [0.2, 0.25) is 10.0 Å². The maximum Gasteiger partial charge on any atom is 0.132 e. The summed E-state index contributed by atoms with van der Waals surface area (Å²) in [6.45, 7) is 3.78. The molecule has 20 heavy (non-hydrogen) atoms. The molecule has 0 saturated carbocycles. The molecule has 0 aliphatic rings. The van der Waals surface area contributed by atoms with E-state index in [9.17, 15) is 4.39 Å². The van der Waals surface area contributed by atoms with Gasteiger partial charge in [0.15, 0.2) is 0 Å². The number of hydrogen-bond acceptors (Lipinski definition) is 1. The minimum atomic E-state index is -0.342. The molecule has 0 unspecified atom stereocenters. The van der Waals surface area contributed by atoms with Gasteiger partial charge >= 0.3 is 0 Å². The summed E-state index contributed by atoms with van der Waals surface area (Å²) in [5.74, 6) is -0.342. The number of rotatable bonds is 5. The Morgan fingerprint density at radius 2 is 1.90 bits per heavy atom. The number of benzene rings is 2. The zero-order valence-corrected chi connectivity index (χ0v) is 12.7. The third-order valence-electron chi connectivity index (χ3n) is 3.04. The lowest BCUT2D eigenvalue weighted by Crippen LogP contribution is -2.13. The van der Waals surface area contributed by atoms with Gasteiger partial charge in [-0.1, -0.05) is 42.3 Å². The van der Waals surface area contributed by atoms with E-state index in [1.165, 1.54) is 6.07 Å². The molecule has 0 spiro atoms. The van der Waals surface area contributed by atoms with Crippen molar-refractivity contribution in [1.82, 2.24) is 5.32 Å². The zero-order chi connectivity index (χ0) is 14.5. The van der Waals surface area contributed by atoms with Gasteiger partial charge in [0.2, 0.25) is 0 Å². The normalized spacial score (nSPS) is 10.8. The molecular formula is C16H16Cl2FN. The molecule has 0 heterocycles. The molecule has 0 fully saturated rings. The van der Waals surface area contributed by atoms with Crippen molar-refractivity contribution in [3.63, 3.8) is 0 Å². The minimum absolute atomic E-state index is 0.342. The molecule has 2 rings (SSSR count). The van der Waals surface area contributed by atoms with Crippen molar-refractivity contribution in [2.24, 2.45) is 0 Å². The van der Waals surface area contributed by atoms with Crippen molar-refractivity contribution in [2.45, 2.75) is 19.9 Å². The molecule has 2 aromatic carbocycles. The Balaban J connectivity index is 2.24. The minimum Gasteiger partial charge on any atom is -0.313 e. The molecule has 0 radical (unpaired) electrons. The summed E-state index contributed by atoms with van der Waals surface area (Å²) >= 11 is 12.0. The largest absolute Gasteiger partial charge is 0.313 e. The molecule has 0 atom stereocenters. The van der Waals surface area contributed by atoms with Gasteiger partial charge < -0.3 is 5.32 Å². The summed E-state index contributed by atoms with van der Waals surface area (Å²) in [7, 11) is 0. The molecule has 2 aromatic rings. The van der Waals surface area contributed by atoms with Crippen LogP contribution in [0.25, 0.3) is 11.1 Å². The first-order valence-electron chi connectivity index (χ1n) is 6.56. The van der Waals surface area contributed by atoms with Crippen LogP contribution in [0.15, 0.2) is 36.4 Å². The van der Waals surface area contributed by atoms with E-state index < -0.39 is 0 Å². The highest BCUT2D eigenvalue weighted by molar-refractivity contribution is 6.31. The Morgan fingerprint density at radius 3 is 2.55 bits per heavy atom. The first-order valence-corrected chi connectivity index (χ1v) is 7.32. The lowest BCUT2D eigenvalue weighted by Gasteiger charge is -2.09. The molecule has 4 heteroatoms. The highest BCUT2D eigenvalue weighted by Gasteiger charge is 2.08. The smallest absolute Gasteiger partial charge is 0.132 e. The quantitative estimate of drug-likeness (QED) is 0.739. The van der Waals surface area contributed by atoms with Crippen molar-refractivity contribution < 1.29 is 4.39 Å². The van der Waals surface area contributed by atoms with Gasteiger partial charge in [-0.3, -0.25) is 0 Å². The predicted molar refractivity (Wildman–Crippen MR) is 83.9 cm³/mol. The molecule has 0 amide bonds. The average molecular weight is 312 g/mol. The summed E-state index contributed by atoms with van der Waals surface area (Å²) in [4.78, 5) is 0. The van der Waals surface area contributed by atoms with Crippen LogP contribution in [0.5, 0.6) is 0 Å². The maximum absolute atomic E-state index is 13.9. The van der Waals surface area contributed by atoms with Gasteiger partial charge in [-0.05, 0) is 48.4 Å². The average Bonchev–Trinajstić information content (AvgIpc) is 2.41.